The highest BCUT2D eigenvalue weighted by molar-refractivity contribution is 5.95. The van der Waals surface area contributed by atoms with E-state index in [4.69, 9.17) is 5.11 Å². The first kappa shape index (κ1) is 14.2. The molecule has 2 aromatic rings. The van der Waals surface area contributed by atoms with Crippen molar-refractivity contribution in [3.05, 3.63) is 42.0 Å². The zero-order valence-corrected chi connectivity index (χ0v) is 12.1. The molecule has 114 valence electrons. The fourth-order valence-electron chi connectivity index (χ4n) is 2.71. The number of carbonyl (C=O) groups excluding carboxylic acids is 1. The first-order valence-corrected chi connectivity index (χ1v) is 7.04. The molecule has 3 rings (SSSR count). The molecule has 7 nitrogen and oxygen atoms in total. The summed E-state index contributed by atoms with van der Waals surface area (Å²) in [4.78, 5) is 29.0. The van der Waals surface area contributed by atoms with Crippen molar-refractivity contribution in [2.24, 2.45) is 5.92 Å². The molecule has 1 saturated heterocycles. The van der Waals surface area contributed by atoms with Gasteiger partial charge in [0.05, 0.1) is 11.6 Å². The van der Waals surface area contributed by atoms with Gasteiger partial charge >= 0.3 is 5.97 Å². The Labute approximate surface area is 127 Å². The number of hydrogen-bond donors (Lipinski definition) is 1. The molecular weight excluding hydrogens is 284 g/mol. The van der Waals surface area contributed by atoms with Crippen LogP contribution in [0.5, 0.6) is 0 Å². The highest BCUT2D eigenvalue weighted by atomic mass is 16.4. The molecular formula is C15H16N4O3. The van der Waals surface area contributed by atoms with Crippen LogP contribution in [-0.2, 0) is 4.79 Å². The van der Waals surface area contributed by atoms with E-state index in [2.05, 4.69) is 10.1 Å². The van der Waals surface area contributed by atoms with Gasteiger partial charge in [0.15, 0.2) is 0 Å². The normalized spacial score (nSPS) is 17.7. The second kappa shape index (κ2) is 5.59. The molecule has 1 aromatic heterocycles. The summed E-state index contributed by atoms with van der Waals surface area (Å²) in [6, 6.07) is 5.36. The van der Waals surface area contributed by atoms with Crippen LogP contribution in [0.3, 0.4) is 0 Å². The number of hydrogen-bond acceptors (Lipinski definition) is 4. The van der Waals surface area contributed by atoms with Gasteiger partial charge in [-0.3, -0.25) is 9.59 Å². The van der Waals surface area contributed by atoms with Crippen molar-refractivity contribution in [1.29, 1.82) is 0 Å². The summed E-state index contributed by atoms with van der Waals surface area (Å²) in [7, 11) is 0. The van der Waals surface area contributed by atoms with Crippen molar-refractivity contribution >= 4 is 11.9 Å². The third kappa shape index (κ3) is 2.57. The Bertz CT molecular complexity index is 712. The number of likely N-dealkylation sites (tertiary alicyclic amines) is 1. The molecule has 0 saturated carbocycles. The molecule has 0 spiro atoms. The highest BCUT2D eigenvalue weighted by Gasteiger charge is 2.31. The van der Waals surface area contributed by atoms with Crippen molar-refractivity contribution in [3.8, 4) is 5.69 Å². The molecule has 22 heavy (non-hydrogen) atoms. The summed E-state index contributed by atoms with van der Waals surface area (Å²) < 4.78 is 1.64. The fraction of sp³-hybridized carbons (Fsp3) is 0.333. The lowest BCUT2D eigenvalue weighted by molar-refractivity contribution is -0.141. The molecule has 1 atom stereocenters. The molecule has 0 bridgehead atoms. The highest BCUT2D eigenvalue weighted by Crippen LogP contribution is 2.21. The SMILES string of the molecule is Cc1cc(C(=O)N2CC[C@@H](C(=O)O)C2)ccc1-n1cncn1. The Morgan fingerprint density at radius 2 is 2.18 bits per heavy atom. The summed E-state index contributed by atoms with van der Waals surface area (Å²) in [6.07, 6.45) is 3.56. The molecule has 1 fully saturated rings. The van der Waals surface area contributed by atoms with Crippen LogP contribution in [0.4, 0.5) is 0 Å². The zero-order valence-electron chi connectivity index (χ0n) is 12.1. The van der Waals surface area contributed by atoms with Crippen molar-refractivity contribution in [2.45, 2.75) is 13.3 Å². The van der Waals surface area contributed by atoms with E-state index in [1.807, 2.05) is 13.0 Å². The predicted molar refractivity (Wildman–Crippen MR) is 77.7 cm³/mol. The third-order valence-corrected chi connectivity index (χ3v) is 3.93. The number of aromatic nitrogens is 3. The van der Waals surface area contributed by atoms with Gasteiger partial charge in [-0.1, -0.05) is 0 Å². The second-order valence-electron chi connectivity index (χ2n) is 5.42. The average Bonchev–Trinajstić information content (AvgIpc) is 3.17. The van der Waals surface area contributed by atoms with E-state index < -0.39 is 11.9 Å². The Morgan fingerprint density at radius 1 is 1.36 bits per heavy atom. The molecule has 0 radical (unpaired) electrons. The van der Waals surface area contributed by atoms with E-state index in [0.717, 1.165) is 11.3 Å². The smallest absolute Gasteiger partial charge is 0.308 e. The Balaban J connectivity index is 1.80. The van der Waals surface area contributed by atoms with E-state index in [0.29, 0.717) is 18.5 Å². The minimum Gasteiger partial charge on any atom is -0.481 e. The predicted octanol–water partition coefficient (Wildman–Crippen LogP) is 1.12. The number of carbonyl (C=O) groups is 2. The van der Waals surface area contributed by atoms with Crippen LogP contribution in [0, 0.1) is 12.8 Å². The van der Waals surface area contributed by atoms with Crippen LogP contribution in [0.1, 0.15) is 22.3 Å². The minimum atomic E-state index is -0.840. The number of nitrogens with zero attached hydrogens (tertiary/aromatic N) is 4. The maximum Gasteiger partial charge on any atom is 0.308 e. The van der Waals surface area contributed by atoms with Gasteiger partial charge in [0.1, 0.15) is 12.7 Å². The van der Waals surface area contributed by atoms with Gasteiger partial charge in [-0.2, -0.15) is 5.10 Å². The summed E-state index contributed by atoms with van der Waals surface area (Å²) >= 11 is 0. The summed E-state index contributed by atoms with van der Waals surface area (Å²) in [5, 5.41) is 13.1. The molecule has 1 aliphatic heterocycles. The largest absolute Gasteiger partial charge is 0.481 e. The van der Waals surface area contributed by atoms with E-state index >= 15 is 0 Å². The summed E-state index contributed by atoms with van der Waals surface area (Å²) in [5.41, 5.74) is 2.33. The maximum atomic E-state index is 12.5. The summed E-state index contributed by atoms with van der Waals surface area (Å²) in [6.45, 7) is 2.66. The molecule has 1 amide bonds. The van der Waals surface area contributed by atoms with Crippen molar-refractivity contribution in [2.75, 3.05) is 13.1 Å². The van der Waals surface area contributed by atoms with Crippen LogP contribution in [0.2, 0.25) is 0 Å². The molecule has 1 aliphatic rings. The molecule has 2 heterocycles. The van der Waals surface area contributed by atoms with Gasteiger partial charge in [0.2, 0.25) is 0 Å². The van der Waals surface area contributed by atoms with E-state index in [-0.39, 0.29) is 12.5 Å². The Hall–Kier alpha value is -2.70. The van der Waals surface area contributed by atoms with Gasteiger partial charge in [-0.15, -0.1) is 0 Å². The summed E-state index contributed by atoms with van der Waals surface area (Å²) in [5.74, 6) is -1.43. The van der Waals surface area contributed by atoms with E-state index in [1.165, 1.54) is 6.33 Å². The topological polar surface area (TPSA) is 88.3 Å². The first-order chi connectivity index (χ1) is 10.6. The molecule has 1 aromatic carbocycles. The number of carboxylic acid groups (broad SMARTS) is 1. The second-order valence-corrected chi connectivity index (χ2v) is 5.42. The number of carboxylic acids is 1. The monoisotopic (exact) mass is 300 g/mol. The van der Waals surface area contributed by atoms with Crippen LogP contribution >= 0.6 is 0 Å². The van der Waals surface area contributed by atoms with Crippen molar-refractivity contribution < 1.29 is 14.7 Å². The Kier molecular flexibility index (Phi) is 3.62. The van der Waals surface area contributed by atoms with Gasteiger partial charge in [0.25, 0.3) is 5.91 Å². The van der Waals surface area contributed by atoms with Crippen LogP contribution < -0.4 is 0 Å². The number of aryl methyl sites for hydroxylation is 1. The number of aliphatic carboxylic acids is 1. The fourth-order valence-corrected chi connectivity index (χ4v) is 2.71. The third-order valence-electron chi connectivity index (χ3n) is 3.93. The maximum absolute atomic E-state index is 12.5. The van der Waals surface area contributed by atoms with Crippen molar-refractivity contribution in [3.63, 3.8) is 0 Å². The van der Waals surface area contributed by atoms with Crippen LogP contribution in [0.25, 0.3) is 5.69 Å². The standard InChI is InChI=1S/C15H16N4O3/c1-10-6-11(2-3-13(10)19-9-16-8-17-19)14(20)18-5-4-12(7-18)15(21)22/h2-3,6,8-9,12H,4-5,7H2,1H3,(H,21,22)/t12-/m1/s1. The molecule has 1 N–H and O–H groups in total. The van der Waals surface area contributed by atoms with Gasteiger partial charge < -0.3 is 10.0 Å². The molecule has 0 unspecified atom stereocenters. The first-order valence-electron chi connectivity index (χ1n) is 7.04. The van der Waals surface area contributed by atoms with E-state index in [9.17, 15) is 9.59 Å². The lowest BCUT2D eigenvalue weighted by Gasteiger charge is -2.16. The minimum absolute atomic E-state index is 0.128. The number of benzene rings is 1. The van der Waals surface area contributed by atoms with Crippen LogP contribution in [-0.4, -0.2) is 49.7 Å². The van der Waals surface area contributed by atoms with E-state index in [1.54, 1.807) is 28.0 Å². The lowest BCUT2D eigenvalue weighted by atomic mass is 10.1. The van der Waals surface area contributed by atoms with Crippen LogP contribution in [0.15, 0.2) is 30.9 Å². The quantitative estimate of drug-likeness (QED) is 0.917. The molecule has 7 heteroatoms. The zero-order chi connectivity index (χ0) is 15.7. The lowest BCUT2D eigenvalue weighted by Crippen LogP contribution is -2.30. The number of rotatable bonds is 3. The van der Waals surface area contributed by atoms with Gasteiger partial charge in [-0.25, -0.2) is 9.67 Å². The van der Waals surface area contributed by atoms with Gasteiger partial charge in [0, 0.05) is 18.7 Å². The van der Waals surface area contributed by atoms with Gasteiger partial charge in [-0.05, 0) is 37.1 Å². The van der Waals surface area contributed by atoms with Crippen molar-refractivity contribution in [1.82, 2.24) is 19.7 Å². The molecule has 0 aliphatic carbocycles. The average molecular weight is 300 g/mol. The number of amides is 1. The Morgan fingerprint density at radius 3 is 2.77 bits per heavy atom.